The van der Waals surface area contributed by atoms with Gasteiger partial charge in [-0.25, -0.2) is 4.39 Å². The van der Waals surface area contributed by atoms with E-state index in [9.17, 15) is 9.18 Å². The van der Waals surface area contributed by atoms with Crippen molar-refractivity contribution >= 4 is 23.4 Å². The summed E-state index contributed by atoms with van der Waals surface area (Å²) < 4.78 is 19.2. The summed E-state index contributed by atoms with van der Waals surface area (Å²) in [4.78, 5) is 12.3. The molecule has 0 saturated carbocycles. The van der Waals surface area contributed by atoms with Gasteiger partial charge in [-0.15, -0.1) is 10.2 Å². The molecule has 3 rings (SSSR count). The van der Waals surface area contributed by atoms with Gasteiger partial charge in [-0.3, -0.25) is 4.79 Å². The molecule has 1 aromatic heterocycles. The zero-order chi connectivity index (χ0) is 18.7. The number of aryl methyl sites for hydroxylation is 2. The van der Waals surface area contributed by atoms with E-state index in [1.165, 1.54) is 6.07 Å². The fourth-order valence-corrected chi connectivity index (χ4v) is 2.87. The molecule has 0 radical (unpaired) electrons. The molecule has 0 aliphatic rings. The highest BCUT2D eigenvalue weighted by atomic mass is 32.2. The molecule has 1 amide bonds. The van der Waals surface area contributed by atoms with Crippen LogP contribution in [0, 0.1) is 19.7 Å². The molecular weight excluding hydrogens is 353 g/mol. The third-order valence-electron chi connectivity index (χ3n) is 3.79. The van der Waals surface area contributed by atoms with Crippen LogP contribution in [-0.4, -0.2) is 21.4 Å². The zero-order valence-electron chi connectivity index (χ0n) is 14.6. The Bertz CT molecular complexity index is 925. The number of carbonyl (C=O) groups excluding carboxylic acids is 1. The fraction of sp³-hybridized carbons (Fsp3) is 0.211. The monoisotopic (exact) mass is 371 g/mol. The van der Waals surface area contributed by atoms with Crippen molar-refractivity contribution < 1.29 is 13.6 Å². The Morgan fingerprint density at radius 2 is 1.88 bits per heavy atom. The number of nitrogens with zero attached hydrogens (tertiary/aromatic N) is 2. The number of hydrogen-bond acceptors (Lipinski definition) is 5. The number of thioether (sulfide) groups is 1. The van der Waals surface area contributed by atoms with Gasteiger partial charge in [0.15, 0.2) is 0 Å². The molecule has 0 bridgehead atoms. The molecule has 5 nitrogen and oxygen atoms in total. The highest BCUT2D eigenvalue weighted by molar-refractivity contribution is 8.00. The summed E-state index contributed by atoms with van der Waals surface area (Å²) >= 11 is 1.15. The second-order valence-electron chi connectivity index (χ2n) is 5.95. The molecule has 134 valence electrons. The normalized spacial score (nSPS) is 12.0. The van der Waals surface area contributed by atoms with Gasteiger partial charge in [-0.2, -0.15) is 0 Å². The summed E-state index contributed by atoms with van der Waals surface area (Å²) in [6.07, 6.45) is 0. The van der Waals surface area contributed by atoms with Crippen LogP contribution in [0.25, 0.3) is 11.5 Å². The van der Waals surface area contributed by atoms with E-state index in [1.54, 1.807) is 26.0 Å². The molecule has 0 aliphatic carbocycles. The van der Waals surface area contributed by atoms with Gasteiger partial charge in [0.05, 0.1) is 5.25 Å². The van der Waals surface area contributed by atoms with Crippen molar-refractivity contribution in [3.8, 4) is 11.5 Å². The van der Waals surface area contributed by atoms with Crippen LogP contribution in [0.1, 0.15) is 18.1 Å². The lowest BCUT2D eigenvalue weighted by Gasteiger charge is -2.10. The van der Waals surface area contributed by atoms with Crippen molar-refractivity contribution in [2.24, 2.45) is 0 Å². The number of nitrogens with one attached hydrogen (secondary N) is 1. The minimum Gasteiger partial charge on any atom is -0.411 e. The Kier molecular flexibility index (Phi) is 5.37. The lowest BCUT2D eigenvalue weighted by molar-refractivity contribution is -0.115. The summed E-state index contributed by atoms with van der Waals surface area (Å²) in [5, 5.41) is 10.5. The van der Waals surface area contributed by atoms with Crippen LogP contribution in [0.4, 0.5) is 10.1 Å². The van der Waals surface area contributed by atoms with Crippen LogP contribution in [-0.2, 0) is 4.79 Å². The quantitative estimate of drug-likeness (QED) is 0.663. The first-order chi connectivity index (χ1) is 12.4. The predicted octanol–water partition coefficient (Wildman–Crippen LogP) is 4.61. The molecule has 26 heavy (non-hydrogen) atoms. The maximum atomic E-state index is 13.6. The Labute approximate surface area is 155 Å². The Morgan fingerprint density at radius 3 is 2.58 bits per heavy atom. The first kappa shape index (κ1) is 18.1. The van der Waals surface area contributed by atoms with Gasteiger partial charge in [0.2, 0.25) is 11.8 Å². The Morgan fingerprint density at radius 1 is 1.15 bits per heavy atom. The lowest BCUT2D eigenvalue weighted by Crippen LogP contribution is -2.22. The average Bonchev–Trinajstić information content (AvgIpc) is 3.07. The molecule has 0 saturated heterocycles. The number of aromatic nitrogens is 2. The van der Waals surface area contributed by atoms with Gasteiger partial charge < -0.3 is 9.73 Å². The smallest absolute Gasteiger partial charge is 0.277 e. The number of rotatable bonds is 5. The van der Waals surface area contributed by atoms with Gasteiger partial charge in [0, 0.05) is 11.3 Å². The van der Waals surface area contributed by atoms with E-state index in [0.29, 0.717) is 22.4 Å². The van der Waals surface area contributed by atoms with Crippen molar-refractivity contribution in [3.05, 3.63) is 59.4 Å². The molecule has 0 fully saturated rings. The number of benzene rings is 2. The topological polar surface area (TPSA) is 68.0 Å². The average molecular weight is 371 g/mol. The van der Waals surface area contributed by atoms with Crippen molar-refractivity contribution in [2.75, 3.05) is 5.32 Å². The van der Waals surface area contributed by atoms with Crippen LogP contribution in [0.5, 0.6) is 0 Å². The van der Waals surface area contributed by atoms with Crippen molar-refractivity contribution in [2.45, 2.75) is 31.2 Å². The Balaban J connectivity index is 1.64. The number of carbonyl (C=O) groups is 1. The van der Waals surface area contributed by atoms with Gasteiger partial charge in [-0.05, 0) is 50.6 Å². The van der Waals surface area contributed by atoms with E-state index in [1.807, 2.05) is 31.2 Å². The summed E-state index contributed by atoms with van der Waals surface area (Å²) in [5.41, 5.74) is 2.90. The van der Waals surface area contributed by atoms with Gasteiger partial charge >= 0.3 is 0 Å². The number of amides is 1. The van der Waals surface area contributed by atoms with Crippen molar-refractivity contribution in [3.63, 3.8) is 0 Å². The molecule has 1 atom stereocenters. The van der Waals surface area contributed by atoms with E-state index in [-0.39, 0.29) is 11.7 Å². The van der Waals surface area contributed by atoms with Crippen molar-refractivity contribution in [1.29, 1.82) is 0 Å². The van der Waals surface area contributed by atoms with E-state index in [0.717, 1.165) is 22.9 Å². The van der Waals surface area contributed by atoms with Gasteiger partial charge in [0.25, 0.3) is 5.22 Å². The van der Waals surface area contributed by atoms with Gasteiger partial charge in [-0.1, -0.05) is 35.5 Å². The number of halogens is 1. The summed E-state index contributed by atoms with van der Waals surface area (Å²) in [6.45, 7) is 5.39. The highest BCUT2D eigenvalue weighted by Gasteiger charge is 2.19. The van der Waals surface area contributed by atoms with Crippen LogP contribution >= 0.6 is 11.8 Å². The minimum atomic E-state index is -0.481. The summed E-state index contributed by atoms with van der Waals surface area (Å²) in [7, 11) is 0. The molecule has 1 N–H and O–H groups in total. The molecule has 1 unspecified atom stereocenters. The number of anilines is 1. The van der Waals surface area contributed by atoms with Crippen LogP contribution < -0.4 is 5.32 Å². The maximum absolute atomic E-state index is 13.6. The van der Waals surface area contributed by atoms with Crippen LogP contribution in [0.15, 0.2) is 52.1 Å². The lowest BCUT2D eigenvalue weighted by atomic mass is 10.1. The van der Waals surface area contributed by atoms with Crippen molar-refractivity contribution in [1.82, 2.24) is 10.2 Å². The summed E-state index contributed by atoms with van der Waals surface area (Å²) in [5.74, 6) is -0.225. The van der Waals surface area contributed by atoms with E-state index >= 15 is 0 Å². The third-order valence-corrected chi connectivity index (χ3v) is 4.73. The largest absolute Gasteiger partial charge is 0.411 e. The molecule has 3 aromatic rings. The number of hydrogen-bond donors (Lipinski definition) is 1. The summed E-state index contributed by atoms with van der Waals surface area (Å²) in [6, 6.07) is 12.3. The molecular formula is C19H18FN3O2S. The standard InChI is InChI=1S/C19H18FN3O2S/c1-11-4-7-14(8-5-11)18-22-23-19(25-18)26-13(3)17(24)21-15-9-6-12(2)16(20)10-15/h4-10,13H,1-3H3,(H,21,24). The molecule has 1 heterocycles. The second kappa shape index (κ2) is 7.70. The van der Waals surface area contributed by atoms with E-state index in [2.05, 4.69) is 15.5 Å². The molecule has 0 aliphatic heterocycles. The molecule has 2 aromatic carbocycles. The van der Waals surface area contributed by atoms with Gasteiger partial charge in [0.1, 0.15) is 5.82 Å². The van der Waals surface area contributed by atoms with E-state index in [4.69, 9.17) is 4.42 Å². The zero-order valence-corrected chi connectivity index (χ0v) is 15.4. The first-order valence-electron chi connectivity index (χ1n) is 8.06. The first-order valence-corrected chi connectivity index (χ1v) is 8.94. The Hall–Kier alpha value is -2.67. The fourth-order valence-electron chi connectivity index (χ4n) is 2.19. The maximum Gasteiger partial charge on any atom is 0.277 e. The van der Waals surface area contributed by atoms with Crippen LogP contribution in [0.3, 0.4) is 0 Å². The molecule has 7 heteroatoms. The highest BCUT2D eigenvalue weighted by Crippen LogP contribution is 2.27. The molecule has 0 spiro atoms. The SMILES string of the molecule is Cc1ccc(-c2nnc(SC(C)C(=O)Nc3ccc(C)c(F)c3)o2)cc1. The predicted molar refractivity (Wildman–Crippen MR) is 99.6 cm³/mol. The van der Waals surface area contributed by atoms with E-state index < -0.39 is 5.25 Å². The second-order valence-corrected chi connectivity index (χ2v) is 7.24. The van der Waals surface area contributed by atoms with Crippen LogP contribution in [0.2, 0.25) is 0 Å². The third kappa shape index (κ3) is 4.29. The minimum absolute atomic E-state index is 0.270.